The van der Waals surface area contributed by atoms with Gasteiger partial charge in [-0.1, -0.05) is 37.9 Å². The smallest absolute Gasteiger partial charge is 0.127 e. The van der Waals surface area contributed by atoms with E-state index in [2.05, 4.69) is 72.6 Å². The van der Waals surface area contributed by atoms with Gasteiger partial charge in [-0.2, -0.15) is 0 Å². The van der Waals surface area contributed by atoms with Crippen LogP contribution in [0.3, 0.4) is 0 Å². The predicted molar refractivity (Wildman–Crippen MR) is 97.2 cm³/mol. The number of hydrogen-bond donors (Lipinski definition) is 0. The zero-order valence-electron chi connectivity index (χ0n) is 11.0. The standard InChI is InChI=1S/C15H13Br2IO2/c1-19-10-4-5-11(14(8-10)20-2)15(17)12-7-9(18)3-6-13(12)16/h3-8,15H,1-2H3. The van der Waals surface area contributed by atoms with Crippen LogP contribution in [0.25, 0.3) is 0 Å². The minimum absolute atomic E-state index is 0.0486. The van der Waals surface area contributed by atoms with Gasteiger partial charge in [0.15, 0.2) is 0 Å². The fraction of sp³-hybridized carbons (Fsp3) is 0.200. The summed E-state index contributed by atoms with van der Waals surface area (Å²) in [5, 5.41) is 0. The number of hydrogen-bond acceptors (Lipinski definition) is 2. The van der Waals surface area contributed by atoms with Gasteiger partial charge in [-0.25, -0.2) is 0 Å². The van der Waals surface area contributed by atoms with Crippen molar-refractivity contribution >= 4 is 54.5 Å². The molecule has 0 fully saturated rings. The first-order valence-corrected chi connectivity index (χ1v) is 8.66. The molecule has 0 aliphatic rings. The molecule has 0 heterocycles. The van der Waals surface area contributed by atoms with E-state index in [0.717, 1.165) is 21.5 Å². The lowest BCUT2D eigenvalue weighted by Gasteiger charge is -2.17. The van der Waals surface area contributed by atoms with Crippen molar-refractivity contribution in [2.75, 3.05) is 14.2 Å². The molecule has 0 aliphatic heterocycles. The maximum Gasteiger partial charge on any atom is 0.127 e. The average molecular weight is 512 g/mol. The van der Waals surface area contributed by atoms with Crippen LogP contribution in [0.15, 0.2) is 40.9 Å². The summed E-state index contributed by atoms with van der Waals surface area (Å²) in [5.41, 5.74) is 2.23. The van der Waals surface area contributed by atoms with Crippen molar-refractivity contribution in [3.05, 3.63) is 55.6 Å². The first-order chi connectivity index (χ1) is 9.56. The summed E-state index contributed by atoms with van der Waals surface area (Å²) in [7, 11) is 3.32. The molecule has 0 radical (unpaired) electrons. The first kappa shape index (κ1) is 16.1. The fourth-order valence-corrected chi connectivity index (χ4v) is 3.96. The zero-order valence-corrected chi connectivity index (χ0v) is 16.3. The van der Waals surface area contributed by atoms with Crippen LogP contribution in [-0.2, 0) is 0 Å². The van der Waals surface area contributed by atoms with Crippen molar-refractivity contribution in [1.29, 1.82) is 0 Å². The summed E-state index contributed by atoms with van der Waals surface area (Å²) >= 11 is 9.68. The van der Waals surface area contributed by atoms with Crippen LogP contribution in [-0.4, -0.2) is 14.2 Å². The van der Waals surface area contributed by atoms with E-state index < -0.39 is 0 Å². The van der Waals surface area contributed by atoms with Gasteiger partial charge in [0.1, 0.15) is 11.5 Å². The Morgan fingerprint density at radius 1 is 1.00 bits per heavy atom. The van der Waals surface area contributed by atoms with Gasteiger partial charge in [0.05, 0.1) is 19.0 Å². The quantitative estimate of drug-likeness (QED) is 0.395. The highest BCUT2D eigenvalue weighted by Crippen LogP contribution is 2.41. The largest absolute Gasteiger partial charge is 0.497 e. The molecule has 0 N–H and O–H groups in total. The van der Waals surface area contributed by atoms with Crippen molar-refractivity contribution in [2.45, 2.75) is 4.83 Å². The molecule has 5 heteroatoms. The lowest BCUT2D eigenvalue weighted by Crippen LogP contribution is -1.99. The Hall–Kier alpha value is -0.270. The van der Waals surface area contributed by atoms with Gasteiger partial charge in [-0.3, -0.25) is 0 Å². The summed E-state index contributed by atoms with van der Waals surface area (Å²) in [6.45, 7) is 0. The lowest BCUT2D eigenvalue weighted by atomic mass is 10.0. The van der Waals surface area contributed by atoms with Crippen LogP contribution in [0.4, 0.5) is 0 Å². The molecule has 2 nitrogen and oxygen atoms in total. The molecular formula is C15H13Br2IO2. The van der Waals surface area contributed by atoms with Gasteiger partial charge >= 0.3 is 0 Å². The summed E-state index contributed by atoms with van der Waals surface area (Å²) in [6, 6.07) is 12.1. The molecule has 2 aromatic rings. The molecule has 0 saturated carbocycles. The molecule has 106 valence electrons. The van der Waals surface area contributed by atoms with Crippen molar-refractivity contribution in [3.63, 3.8) is 0 Å². The Balaban J connectivity index is 2.47. The Morgan fingerprint density at radius 2 is 1.75 bits per heavy atom. The monoisotopic (exact) mass is 510 g/mol. The molecule has 0 aliphatic carbocycles. The van der Waals surface area contributed by atoms with E-state index in [4.69, 9.17) is 9.47 Å². The molecule has 1 atom stereocenters. The van der Waals surface area contributed by atoms with E-state index in [-0.39, 0.29) is 4.83 Å². The molecule has 1 unspecified atom stereocenters. The molecule has 0 saturated heterocycles. The van der Waals surface area contributed by atoms with E-state index in [1.807, 2.05) is 18.2 Å². The van der Waals surface area contributed by atoms with Crippen LogP contribution in [0.5, 0.6) is 11.5 Å². The van der Waals surface area contributed by atoms with Gasteiger partial charge in [-0.15, -0.1) is 0 Å². The van der Waals surface area contributed by atoms with Gasteiger partial charge in [0, 0.05) is 19.7 Å². The Bertz CT molecular complexity index is 617. The summed E-state index contributed by atoms with van der Waals surface area (Å²) < 4.78 is 13.0. The molecule has 2 aromatic carbocycles. The van der Waals surface area contributed by atoms with Crippen molar-refractivity contribution in [1.82, 2.24) is 0 Å². The van der Waals surface area contributed by atoms with Gasteiger partial charge < -0.3 is 9.47 Å². The summed E-state index contributed by atoms with van der Waals surface area (Å²) in [6.07, 6.45) is 0. The summed E-state index contributed by atoms with van der Waals surface area (Å²) in [5.74, 6) is 1.59. The SMILES string of the molecule is COc1ccc(C(Br)c2cc(I)ccc2Br)c(OC)c1. The zero-order chi connectivity index (χ0) is 14.7. The molecule has 0 amide bonds. The number of halogens is 3. The molecular weight excluding hydrogens is 499 g/mol. The fourth-order valence-electron chi connectivity index (χ4n) is 1.90. The number of benzene rings is 2. The first-order valence-electron chi connectivity index (χ1n) is 5.87. The normalized spacial score (nSPS) is 12.1. The summed E-state index contributed by atoms with van der Waals surface area (Å²) in [4.78, 5) is 0.0486. The third-order valence-corrected chi connectivity index (χ3v) is 5.32. The molecule has 2 rings (SSSR count). The second-order valence-corrected chi connectivity index (χ2v) is 7.15. The second kappa shape index (κ2) is 7.13. The van der Waals surface area contributed by atoms with E-state index >= 15 is 0 Å². The highest BCUT2D eigenvalue weighted by atomic mass is 127. The van der Waals surface area contributed by atoms with Gasteiger partial charge in [0.2, 0.25) is 0 Å². The Kier molecular flexibility index (Phi) is 5.74. The van der Waals surface area contributed by atoms with Crippen LogP contribution < -0.4 is 9.47 Å². The van der Waals surface area contributed by atoms with E-state index in [1.165, 1.54) is 9.13 Å². The Labute approximate surface area is 149 Å². The van der Waals surface area contributed by atoms with E-state index in [1.54, 1.807) is 14.2 Å². The third kappa shape index (κ3) is 3.49. The highest BCUT2D eigenvalue weighted by Gasteiger charge is 2.18. The Morgan fingerprint density at radius 3 is 2.40 bits per heavy atom. The second-order valence-electron chi connectivity index (χ2n) is 4.14. The van der Waals surface area contributed by atoms with Crippen molar-refractivity contribution in [3.8, 4) is 11.5 Å². The van der Waals surface area contributed by atoms with E-state index in [9.17, 15) is 0 Å². The van der Waals surface area contributed by atoms with Crippen LogP contribution in [0, 0.1) is 3.57 Å². The predicted octanol–water partition coefficient (Wildman–Crippen LogP) is 5.56. The third-order valence-electron chi connectivity index (χ3n) is 2.94. The molecule has 0 bridgehead atoms. The topological polar surface area (TPSA) is 18.5 Å². The number of rotatable bonds is 4. The molecule has 20 heavy (non-hydrogen) atoms. The van der Waals surface area contributed by atoms with Crippen molar-refractivity contribution < 1.29 is 9.47 Å². The highest BCUT2D eigenvalue weighted by molar-refractivity contribution is 14.1. The average Bonchev–Trinajstić information content (AvgIpc) is 2.48. The van der Waals surface area contributed by atoms with Gasteiger partial charge in [-0.05, 0) is 52.4 Å². The number of alkyl halides is 1. The van der Waals surface area contributed by atoms with Gasteiger partial charge in [0.25, 0.3) is 0 Å². The molecule has 0 spiro atoms. The van der Waals surface area contributed by atoms with E-state index in [0.29, 0.717) is 0 Å². The number of ether oxygens (including phenoxy) is 2. The van der Waals surface area contributed by atoms with Crippen LogP contribution >= 0.6 is 54.5 Å². The minimum atomic E-state index is 0.0486. The van der Waals surface area contributed by atoms with Crippen LogP contribution in [0.2, 0.25) is 0 Å². The molecule has 0 aromatic heterocycles. The number of methoxy groups -OCH3 is 2. The lowest BCUT2D eigenvalue weighted by molar-refractivity contribution is 0.391. The maximum absolute atomic E-state index is 5.47. The maximum atomic E-state index is 5.47. The van der Waals surface area contributed by atoms with Crippen LogP contribution in [0.1, 0.15) is 16.0 Å². The van der Waals surface area contributed by atoms with Crippen molar-refractivity contribution in [2.24, 2.45) is 0 Å². The minimum Gasteiger partial charge on any atom is -0.497 e.